The second-order valence-corrected chi connectivity index (χ2v) is 5.14. The van der Waals surface area contributed by atoms with Gasteiger partial charge in [0.1, 0.15) is 6.54 Å². The number of hydrogen-bond donors (Lipinski definition) is 1. The SMILES string of the molecule is N#CCNc1cc(-c2ccccc2)ccc1C(=O)C1=CC=C[B]1. The summed E-state index contributed by atoms with van der Waals surface area (Å²) in [5, 5.41) is 11.9. The summed E-state index contributed by atoms with van der Waals surface area (Å²) >= 11 is 0. The van der Waals surface area contributed by atoms with E-state index in [2.05, 4.69) is 11.4 Å². The van der Waals surface area contributed by atoms with E-state index in [1.54, 1.807) is 13.4 Å². The number of nitriles is 1. The highest BCUT2D eigenvalue weighted by Gasteiger charge is 2.17. The van der Waals surface area contributed by atoms with Crippen molar-refractivity contribution in [2.24, 2.45) is 0 Å². The average Bonchev–Trinajstić information content (AvgIpc) is 3.14. The minimum absolute atomic E-state index is 0.0462. The second kappa shape index (κ2) is 6.80. The van der Waals surface area contributed by atoms with Crippen LogP contribution in [0.1, 0.15) is 10.4 Å². The second-order valence-electron chi connectivity index (χ2n) is 5.14. The van der Waals surface area contributed by atoms with Crippen molar-refractivity contribution in [3.8, 4) is 17.2 Å². The number of nitrogens with one attached hydrogen (secondary N) is 1. The molecule has 3 nitrogen and oxygen atoms in total. The molecule has 0 atom stereocenters. The van der Waals surface area contributed by atoms with Crippen LogP contribution in [0, 0.1) is 11.3 Å². The van der Waals surface area contributed by atoms with E-state index in [0.717, 1.165) is 11.1 Å². The summed E-state index contributed by atoms with van der Waals surface area (Å²) < 4.78 is 0. The maximum absolute atomic E-state index is 12.6. The van der Waals surface area contributed by atoms with E-state index in [0.29, 0.717) is 16.7 Å². The largest absolute Gasteiger partial charge is 0.372 e. The lowest BCUT2D eigenvalue weighted by Gasteiger charge is -2.12. The molecule has 0 spiro atoms. The Kier molecular flexibility index (Phi) is 4.40. The summed E-state index contributed by atoms with van der Waals surface area (Å²) in [6, 6.07) is 17.7. The maximum atomic E-state index is 12.6. The lowest BCUT2D eigenvalue weighted by atomic mass is 9.70. The van der Waals surface area contributed by atoms with Gasteiger partial charge in [0.15, 0.2) is 13.1 Å². The molecule has 0 unspecified atom stereocenters. The predicted octanol–water partition coefficient (Wildman–Crippen LogP) is 3.59. The average molecular weight is 297 g/mol. The Morgan fingerprint density at radius 2 is 1.96 bits per heavy atom. The first-order valence-corrected chi connectivity index (χ1v) is 7.36. The fourth-order valence-electron chi connectivity index (χ4n) is 2.51. The Bertz CT molecular complexity index is 832. The third kappa shape index (κ3) is 3.24. The smallest absolute Gasteiger partial charge is 0.186 e. The predicted molar refractivity (Wildman–Crippen MR) is 93.3 cm³/mol. The van der Waals surface area contributed by atoms with Crippen LogP contribution in [-0.2, 0) is 0 Å². The highest BCUT2D eigenvalue weighted by atomic mass is 16.1. The summed E-state index contributed by atoms with van der Waals surface area (Å²) in [5.41, 5.74) is 3.98. The maximum Gasteiger partial charge on any atom is 0.186 e. The molecule has 0 fully saturated rings. The third-order valence-corrected chi connectivity index (χ3v) is 3.65. The van der Waals surface area contributed by atoms with Gasteiger partial charge in [-0.3, -0.25) is 4.79 Å². The van der Waals surface area contributed by atoms with Crippen LogP contribution in [0.3, 0.4) is 0 Å². The fraction of sp³-hybridized carbons (Fsp3) is 0.0526. The number of anilines is 1. The number of carbonyl (C=O) groups excluding carboxylic acids is 1. The van der Waals surface area contributed by atoms with E-state index in [-0.39, 0.29) is 12.3 Å². The van der Waals surface area contributed by atoms with Gasteiger partial charge >= 0.3 is 0 Å². The Hall–Kier alpha value is -3.06. The summed E-state index contributed by atoms with van der Waals surface area (Å²) in [6.45, 7) is 0.152. The van der Waals surface area contributed by atoms with Crippen LogP contribution in [-0.4, -0.2) is 19.6 Å². The molecule has 109 valence electrons. The first kappa shape index (κ1) is 14.9. The molecule has 0 saturated heterocycles. The highest BCUT2D eigenvalue weighted by Crippen LogP contribution is 2.27. The van der Waals surface area contributed by atoms with Gasteiger partial charge in [-0.2, -0.15) is 5.26 Å². The zero-order valence-electron chi connectivity index (χ0n) is 12.5. The molecule has 1 radical (unpaired) electrons. The number of ketones is 1. The van der Waals surface area contributed by atoms with Gasteiger partial charge in [-0.1, -0.05) is 48.6 Å². The number of carbonyl (C=O) groups is 1. The van der Waals surface area contributed by atoms with Crippen molar-refractivity contribution in [2.45, 2.75) is 0 Å². The minimum Gasteiger partial charge on any atom is -0.372 e. The highest BCUT2D eigenvalue weighted by molar-refractivity contribution is 6.61. The molecule has 23 heavy (non-hydrogen) atoms. The van der Waals surface area contributed by atoms with Gasteiger partial charge in [0.2, 0.25) is 0 Å². The van der Waals surface area contributed by atoms with Crippen LogP contribution in [0.25, 0.3) is 11.1 Å². The molecule has 3 rings (SSSR count). The molecular formula is C19H14BN2O. The molecule has 0 aromatic heterocycles. The van der Waals surface area contributed by atoms with E-state index in [1.165, 1.54) is 0 Å². The molecule has 1 heterocycles. The lowest BCUT2D eigenvalue weighted by molar-refractivity contribution is 0.104. The normalized spacial score (nSPS) is 12.2. The Labute approximate surface area is 136 Å². The minimum atomic E-state index is -0.0462. The van der Waals surface area contributed by atoms with Crippen molar-refractivity contribution in [2.75, 3.05) is 11.9 Å². The van der Waals surface area contributed by atoms with E-state index >= 15 is 0 Å². The molecule has 1 N–H and O–H groups in total. The van der Waals surface area contributed by atoms with Gasteiger partial charge in [-0.15, -0.1) is 5.98 Å². The Balaban J connectivity index is 1.99. The molecular weight excluding hydrogens is 283 g/mol. The molecule has 1 aliphatic rings. The van der Waals surface area contributed by atoms with Crippen LogP contribution in [0.2, 0.25) is 0 Å². The summed E-state index contributed by atoms with van der Waals surface area (Å²) in [5.74, 6) is 1.79. The van der Waals surface area contributed by atoms with E-state index in [4.69, 9.17) is 5.26 Å². The number of nitrogens with zero attached hydrogens (tertiary/aromatic N) is 1. The van der Waals surface area contributed by atoms with E-state index < -0.39 is 0 Å². The molecule has 1 aliphatic heterocycles. The van der Waals surface area contributed by atoms with E-state index in [9.17, 15) is 4.79 Å². The van der Waals surface area contributed by atoms with Crippen molar-refractivity contribution in [3.63, 3.8) is 0 Å². The van der Waals surface area contributed by atoms with Crippen molar-refractivity contribution >= 4 is 18.8 Å². The van der Waals surface area contributed by atoms with Gasteiger partial charge in [0.25, 0.3) is 0 Å². The monoisotopic (exact) mass is 297 g/mol. The Morgan fingerprint density at radius 3 is 2.65 bits per heavy atom. The van der Waals surface area contributed by atoms with Crippen molar-refractivity contribution in [1.82, 2.24) is 0 Å². The molecule has 0 bridgehead atoms. The van der Waals surface area contributed by atoms with Crippen LogP contribution in [0.15, 0.2) is 72.1 Å². The zero-order valence-corrected chi connectivity index (χ0v) is 12.5. The van der Waals surface area contributed by atoms with Crippen LogP contribution >= 0.6 is 0 Å². The molecule has 2 aromatic carbocycles. The van der Waals surface area contributed by atoms with Gasteiger partial charge in [0.05, 0.1) is 6.07 Å². The Morgan fingerprint density at radius 1 is 1.13 bits per heavy atom. The van der Waals surface area contributed by atoms with Gasteiger partial charge in [0, 0.05) is 11.3 Å². The van der Waals surface area contributed by atoms with Crippen LogP contribution in [0.4, 0.5) is 5.69 Å². The molecule has 0 aliphatic carbocycles. The first-order chi connectivity index (χ1) is 11.3. The third-order valence-electron chi connectivity index (χ3n) is 3.65. The summed E-state index contributed by atoms with van der Waals surface area (Å²) in [4.78, 5) is 12.6. The van der Waals surface area contributed by atoms with E-state index in [1.807, 2.05) is 60.6 Å². The molecule has 4 heteroatoms. The number of allylic oxidation sites excluding steroid dienone is 3. The molecule has 2 aromatic rings. The first-order valence-electron chi connectivity index (χ1n) is 7.36. The fourth-order valence-corrected chi connectivity index (χ4v) is 2.51. The van der Waals surface area contributed by atoms with Crippen LogP contribution < -0.4 is 5.32 Å². The topological polar surface area (TPSA) is 52.9 Å². The summed E-state index contributed by atoms with van der Waals surface area (Å²) in [6.07, 6.45) is 3.63. The van der Waals surface area contributed by atoms with Gasteiger partial charge in [-0.25, -0.2) is 0 Å². The number of rotatable bonds is 5. The van der Waals surface area contributed by atoms with Crippen molar-refractivity contribution in [1.29, 1.82) is 5.26 Å². The number of Topliss-reactive ketones (excluding diaryl/α,β-unsaturated/α-hetero) is 1. The van der Waals surface area contributed by atoms with Gasteiger partial charge in [-0.05, 0) is 28.7 Å². The standard InChI is InChI=1S/C19H14BN2O/c21-11-12-22-18-13-15(14-5-2-1-3-6-14)8-9-16(18)19(23)17-7-4-10-20-17/h1-10,13,22H,12H2. The van der Waals surface area contributed by atoms with Crippen LogP contribution in [0.5, 0.6) is 0 Å². The quantitative estimate of drug-likeness (QED) is 0.521. The number of benzene rings is 2. The molecule has 0 amide bonds. The number of hydrogen-bond acceptors (Lipinski definition) is 3. The zero-order chi connectivity index (χ0) is 16.1. The lowest BCUT2D eigenvalue weighted by Crippen LogP contribution is -2.11. The van der Waals surface area contributed by atoms with Crippen molar-refractivity contribution < 1.29 is 4.79 Å². The van der Waals surface area contributed by atoms with Gasteiger partial charge < -0.3 is 5.32 Å². The molecule has 0 saturated carbocycles. The van der Waals surface area contributed by atoms with Crippen molar-refractivity contribution in [3.05, 3.63) is 77.7 Å². The summed E-state index contributed by atoms with van der Waals surface area (Å²) in [7, 11) is 1.79.